The van der Waals surface area contributed by atoms with Crippen molar-refractivity contribution in [2.24, 2.45) is 0 Å². The molecule has 5 aromatic carbocycles. The van der Waals surface area contributed by atoms with Crippen molar-refractivity contribution in [2.75, 3.05) is 0 Å². The second-order valence-electron chi connectivity index (χ2n) is 9.90. The standard InChI is InChI=1S/C30H26O/c1-17-16-18(2)27(30(3,4)5)29-25(17)24-15-14-23-21-12-7-6-10-19(21)20-11-8-9-13-22(20)26(23)28(24)31-29/h6-16H,1-5H3. The van der Waals surface area contributed by atoms with Gasteiger partial charge in [0.25, 0.3) is 0 Å². The van der Waals surface area contributed by atoms with Gasteiger partial charge >= 0.3 is 0 Å². The lowest BCUT2D eigenvalue weighted by molar-refractivity contribution is 0.569. The van der Waals surface area contributed by atoms with Crippen molar-refractivity contribution in [1.29, 1.82) is 0 Å². The van der Waals surface area contributed by atoms with Gasteiger partial charge in [-0.3, -0.25) is 0 Å². The molecule has 0 amide bonds. The SMILES string of the molecule is Cc1cc(C)c2c(oc3c2ccc2c4ccccc4c4ccccc4c23)c1C(C)(C)C. The van der Waals surface area contributed by atoms with Gasteiger partial charge in [0, 0.05) is 21.7 Å². The lowest BCUT2D eigenvalue weighted by atomic mass is 9.82. The Hall–Kier alpha value is -3.32. The van der Waals surface area contributed by atoms with Crippen molar-refractivity contribution in [3.8, 4) is 0 Å². The Morgan fingerprint density at radius 3 is 1.68 bits per heavy atom. The highest BCUT2D eigenvalue weighted by Crippen LogP contribution is 2.45. The smallest absolute Gasteiger partial charge is 0.143 e. The molecule has 1 heterocycles. The summed E-state index contributed by atoms with van der Waals surface area (Å²) in [6.07, 6.45) is 0. The van der Waals surface area contributed by atoms with E-state index in [-0.39, 0.29) is 5.41 Å². The monoisotopic (exact) mass is 402 g/mol. The Kier molecular flexibility index (Phi) is 3.63. The summed E-state index contributed by atoms with van der Waals surface area (Å²) in [5.74, 6) is 0. The van der Waals surface area contributed by atoms with Gasteiger partial charge in [0.1, 0.15) is 11.2 Å². The maximum absolute atomic E-state index is 6.84. The van der Waals surface area contributed by atoms with Gasteiger partial charge in [-0.05, 0) is 63.4 Å². The van der Waals surface area contributed by atoms with Crippen LogP contribution >= 0.6 is 0 Å². The van der Waals surface area contributed by atoms with Gasteiger partial charge in [-0.1, -0.05) is 81.4 Å². The Morgan fingerprint density at radius 1 is 0.548 bits per heavy atom. The molecule has 0 atom stereocenters. The van der Waals surface area contributed by atoms with E-state index in [0.29, 0.717) is 0 Å². The molecular weight excluding hydrogens is 376 g/mol. The number of hydrogen-bond donors (Lipinski definition) is 0. The number of benzene rings is 5. The minimum absolute atomic E-state index is 0.00841. The first kappa shape index (κ1) is 18.4. The van der Waals surface area contributed by atoms with E-state index < -0.39 is 0 Å². The fourth-order valence-corrected chi connectivity index (χ4v) is 5.69. The zero-order valence-electron chi connectivity index (χ0n) is 18.8. The van der Waals surface area contributed by atoms with Gasteiger partial charge in [-0.15, -0.1) is 0 Å². The molecule has 6 aromatic rings. The minimum atomic E-state index is 0.00841. The summed E-state index contributed by atoms with van der Waals surface area (Å²) in [5.41, 5.74) is 5.95. The van der Waals surface area contributed by atoms with Crippen molar-refractivity contribution in [2.45, 2.75) is 40.0 Å². The van der Waals surface area contributed by atoms with Crippen LogP contribution in [0.5, 0.6) is 0 Å². The number of aryl methyl sites for hydroxylation is 2. The Labute approximate surface area is 182 Å². The molecule has 1 nitrogen and oxygen atoms in total. The first-order valence-corrected chi connectivity index (χ1v) is 11.1. The van der Waals surface area contributed by atoms with Crippen molar-refractivity contribution in [1.82, 2.24) is 0 Å². The van der Waals surface area contributed by atoms with Crippen LogP contribution in [0, 0.1) is 13.8 Å². The van der Waals surface area contributed by atoms with Crippen molar-refractivity contribution in [3.63, 3.8) is 0 Å². The molecule has 1 aromatic heterocycles. The van der Waals surface area contributed by atoms with Gasteiger partial charge in [-0.25, -0.2) is 0 Å². The van der Waals surface area contributed by atoms with Crippen LogP contribution in [0.3, 0.4) is 0 Å². The fraction of sp³-hybridized carbons (Fsp3) is 0.200. The first-order chi connectivity index (χ1) is 14.9. The molecule has 0 bridgehead atoms. The highest BCUT2D eigenvalue weighted by molar-refractivity contribution is 6.32. The van der Waals surface area contributed by atoms with E-state index in [1.165, 1.54) is 59.8 Å². The highest BCUT2D eigenvalue weighted by atomic mass is 16.3. The number of fused-ring (bicyclic) bond motifs is 10. The summed E-state index contributed by atoms with van der Waals surface area (Å²) in [6.45, 7) is 11.2. The Morgan fingerprint density at radius 2 is 1.06 bits per heavy atom. The molecule has 0 unspecified atom stereocenters. The zero-order chi connectivity index (χ0) is 21.5. The molecule has 0 fully saturated rings. The molecule has 0 radical (unpaired) electrons. The fourth-order valence-electron chi connectivity index (χ4n) is 5.69. The largest absolute Gasteiger partial charge is 0.455 e. The van der Waals surface area contributed by atoms with Crippen molar-refractivity contribution < 1.29 is 4.42 Å². The lowest BCUT2D eigenvalue weighted by Crippen LogP contribution is -2.13. The number of hydrogen-bond acceptors (Lipinski definition) is 1. The summed E-state index contributed by atoms with van der Waals surface area (Å²) >= 11 is 0. The van der Waals surface area contributed by atoms with Crippen LogP contribution in [0.25, 0.3) is 54.3 Å². The van der Waals surface area contributed by atoms with Crippen LogP contribution in [0.1, 0.15) is 37.5 Å². The summed E-state index contributed by atoms with van der Waals surface area (Å²) in [4.78, 5) is 0. The summed E-state index contributed by atoms with van der Waals surface area (Å²) in [6, 6.07) is 24.3. The van der Waals surface area contributed by atoms with Crippen LogP contribution in [0.2, 0.25) is 0 Å². The Bertz CT molecular complexity index is 1640. The Balaban J connectivity index is 1.95. The van der Waals surface area contributed by atoms with Crippen LogP contribution in [-0.4, -0.2) is 0 Å². The molecule has 0 saturated carbocycles. The lowest BCUT2D eigenvalue weighted by Gasteiger charge is -2.22. The zero-order valence-corrected chi connectivity index (χ0v) is 18.8. The molecule has 0 N–H and O–H groups in total. The molecule has 31 heavy (non-hydrogen) atoms. The van der Waals surface area contributed by atoms with Crippen molar-refractivity contribution >= 4 is 54.3 Å². The van der Waals surface area contributed by atoms with E-state index >= 15 is 0 Å². The van der Waals surface area contributed by atoms with E-state index in [9.17, 15) is 0 Å². The van der Waals surface area contributed by atoms with E-state index in [4.69, 9.17) is 4.42 Å². The third-order valence-corrected chi connectivity index (χ3v) is 6.76. The molecule has 0 aliphatic carbocycles. The van der Waals surface area contributed by atoms with Gasteiger partial charge in [-0.2, -0.15) is 0 Å². The van der Waals surface area contributed by atoms with E-state index in [2.05, 4.69) is 101 Å². The third kappa shape index (κ3) is 2.44. The average Bonchev–Trinajstić information content (AvgIpc) is 3.12. The predicted octanol–water partition coefficient (Wildman–Crippen LogP) is 8.96. The molecule has 152 valence electrons. The van der Waals surface area contributed by atoms with Crippen LogP contribution in [0.4, 0.5) is 0 Å². The molecular formula is C30H26O. The predicted molar refractivity (Wildman–Crippen MR) is 134 cm³/mol. The number of furan rings is 1. The van der Waals surface area contributed by atoms with Crippen LogP contribution in [-0.2, 0) is 5.41 Å². The van der Waals surface area contributed by atoms with E-state index in [1.807, 2.05) is 0 Å². The summed E-state index contributed by atoms with van der Waals surface area (Å²) < 4.78 is 6.84. The first-order valence-electron chi connectivity index (χ1n) is 11.1. The van der Waals surface area contributed by atoms with Gasteiger partial charge in [0.15, 0.2) is 0 Å². The molecule has 0 saturated heterocycles. The molecule has 6 rings (SSSR count). The maximum atomic E-state index is 6.84. The molecule has 1 heteroatoms. The van der Waals surface area contributed by atoms with Gasteiger partial charge in [0.05, 0.1) is 0 Å². The summed E-state index contributed by atoms with van der Waals surface area (Å²) in [7, 11) is 0. The second kappa shape index (κ2) is 6.11. The molecule has 0 aliphatic heterocycles. The van der Waals surface area contributed by atoms with Crippen molar-refractivity contribution in [3.05, 3.63) is 83.4 Å². The maximum Gasteiger partial charge on any atom is 0.143 e. The van der Waals surface area contributed by atoms with Crippen LogP contribution < -0.4 is 0 Å². The minimum Gasteiger partial charge on any atom is -0.455 e. The quantitative estimate of drug-likeness (QED) is 0.231. The van der Waals surface area contributed by atoms with E-state index in [1.54, 1.807) is 0 Å². The van der Waals surface area contributed by atoms with Gasteiger partial charge in [0.2, 0.25) is 0 Å². The second-order valence-corrected chi connectivity index (χ2v) is 9.90. The average molecular weight is 403 g/mol. The molecule has 0 spiro atoms. The number of rotatable bonds is 0. The van der Waals surface area contributed by atoms with Gasteiger partial charge < -0.3 is 4.42 Å². The van der Waals surface area contributed by atoms with Crippen LogP contribution in [0.15, 0.2) is 71.1 Å². The normalized spacial score (nSPS) is 12.7. The molecule has 0 aliphatic rings. The third-order valence-electron chi connectivity index (χ3n) is 6.76. The summed E-state index contributed by atoms with van der Waals surface area (Å²) in [5, 5.41) is 10.1. The highest BCUT2D eigenvalue weighted by Gasteiger charge is 2.25. The topological polar surface area (TPSA) is 13.1 Å². The van der Waals surface area contributed by atoms with E-state index in [0.717, 1.165) is 11.2 Å².